The van der Waals surface area contributed by atoms with Crippen molar-refractivity contribution < 1.29 is 17.9 Å². The van der Waals surface area contributed by atoms with Gasteiger partial charge in [0.1, 0.15) is 12.4 Å². The van der Waals surface area contributed by atoms with Gasteiger partial charge in [0.15, 0.2) is 0 Å². The summed E-state index contributed by atoms with van der Waals surface area (Å²) in [5.41, 5.74) is 3.15. The van der Waals surface area contributed by atoms with E-state index in [2.05, 4.69) is 10.0 Å². The lowest BCUT2D eigenvalue weighted by molar-refractivity contribution is 0.0947. The molecular weight excluding hydrogens is 448 g/mol. The molecule has 0 saturated carbocycles. The SMILES string of the molecule is Cc1ccc(NS(=O)(=O)c2cc(C(=O)NCCOc3ccccc3Cl)ccc2C)c(C)c1. The van der Waals surface area contributed by atoms with Crippen molar-refractivity contribution in [3.8, 4) is 5.75 Å². The summed E-state index contributed by atoms with van der Waals surface area (Å²) >= 11 is 6.04. The molecule has 0 radical (unpaired) electrons. The van der Waals surface area contributed by atoms with Crippen molar-refractivity contribution in [1.29, 1.82) is 0 Å². The van der Waals surface area contributed by atoms with Gasteiger partial charge in [0.05, 0.1) is 22.2 Å². The zero-order valence-electron chi connectivity index (χ0n) is 18.1. The van der Waals surface area contributed by atoms with Crippen LogP contribution in [0.5, 0.6) is 5.75 Å². The number of nitrogens with one attached hydrogen (secondary N) is 2. The molecule has 0 unspecified atom stereocenters. The molecule has 168 valence electrons. The minimum atomic E-state index is -3.87. The monoisotopic (exact) mass is 472 g/mol. The standard InChI is InChI=1S/C24H25ClN2O4S/c1-16-8-11-21(18(3)14-16)27-32(29,30)23-15-19(10-9-17(23)2)24(28)26-12-13-31-22-7-5-4-6-20(22)25/h4-11,14-15,27H,12-13H2,1-3H3,(H,26,28). The van der Waals surface area contributed by atoms with Gasteiger partial charge in [0.2, 0.25) is 0 Å². The Labute approximate surface area is 193 Å². The summed E-state index contributed by atoms with van der Waals surface area (Å²) in [5, 5.41) is 3.22. The number of para-hydroxylation sites is 1. The molecule has 32 heavy (non-hydrogen) atoms. The fourth-order valence-corrected chi connectivity index (χ4v) is 4.74. The van der Waals surface area contributed by atoms with Crippen molar-refractivity contribution in [2.45, 2.75) is 25.7 Å². The van der Waals surface area contributed by atoms with E-state index in [4.69, 9.17) is 16.3 Å². The number of sulfonamides is 1. The fraction of sp³-hybridized carbons (Fsp3) is 0.208. The lowest BCUT2D eigenvalue weighted by Gasteiger charge is -2.14. The number of rotatable bonds is 8. The Morgan fingerprint density at radius 2 is 1.72 bits per heavy atom. The van der Waals surface area contributed by atoms with Crippen molar-refractivity contribution in [3.63, 3.8) is 0 Å². The van der Waals surface area contributed by atoms with Crippen LogP contribution < -0.4 is 14.8 Å². The van der Waals surface area contributed by atoms with Gasteiger partial charge in [-0.25, -0.2) is 8.42 Å². The Kier molecular flexibility index (Phi) is 7.43. The molecule has 6 nitrogen and oxygen atoms in total. The summed E-state index contributed by atoms with van der Waals surface area (Å²) < 4.78 is 34.2. The summed E-state index contributed by atoms with van der Waals surface area (Å²) in [6.07, 6.45) is 0. The lowest BCUT2D eigenvalue weighted by atomic mass is 10.1. The third-order valence-corrected chi connectivity index (χ3v) is 6.67. The number of hydrogen-bond donors (Lipinski definition) is 2. The van der Waals surface area contributed by atoms with Gasteiger partial charge in [0, 0.05) is 5.56 Å². The van der Waals surface area contributed by atoms with Crippen LogP contribution in [0.1, 0.15) is 27.0 Å². The van der Waals surface area contributed by atoms with Crippen LogP contribution in [0, 0.1) is 20.8 Å². The molecular formula is C24H25ClN2O4S. The van der Waals surface area contributed by atoms with Gasteiger partial charge < -0.3 is 10.1 Å². The van der Waals surface area contributed by atoms with E-state index in [1.165, 1.54) is 6.07 Å². The Hall–Kier alpha value is -3.03. The quantitative estimate of drug-likeness (QED) is 0.458. The molecule has 0 spiro atoms. The maximum atomic E-state index is 13.0. The largest absolute Gasteiger partial charge is 0.490 e. The molecule has 3 rings (SSSR count). The summed E-state index contributed by atoms with van der Waals surface area (Å²) in [5.74, 6) is 0.139. The summed E-state index contributed by atoms with van der Waals surface area (Å²) in [6, 6.07) is 17.1. The Balaban J connectivity index is 1.68. The number of carbonyl (C=O) groups excluding carboxylic acids is 1. The average molecular weight is 473 g/mol. The maximum absolute atomic E-state index is 13.0. The van der Waals surface area contributed by atoms with E-state index in [0.717, 1.165) is 11.1 Å². The fourth-order valence-electron chi connectivity index (χ4n) is 3.15. The summed E-state index contributed by atoms with van der Waals surface area (Å²) in [4.78, 5) is 12.6. The van der Waals surface area contributed by atoms with E-state index in [1.54, 1.807) is 49.4 Å². The number of benzene rings is 3. The molecule has 0 bridgehead atoms. The van der Waals surface area contributed by atoms with Crippen molar-refractivity contribution in [1.82, 2.24) is 5.32 Å². The van der Waals surface area contributed by atoms with Gasteiger partial charge in [-0.3, -0.25) is 9.52 Å². The normalized spacial score (nSPS) is 11.1. The van der Waals surface area contributed by atoms with Gasteiger partial charge >= 0.3 is 0 Å². The molecule has 0 aliphatic carbocycles. The molecule has 8 heteroatoms. The maximum Gasteiger partial charge on any atom is 0.262 e. The number of carbonyl (C=O) groups is 1. The van der Waals surface area contributed by atoms with Crippen LogP contribution in [0.4, 0.5) is 5.69 Å². The van der Waals surface area contributed by atoms with Crippen molar-refractivity contribution in [3.05, 3.63) is 87.9 Å². The van der Waals surface area contributed by atoms with E-state index >= 15 is 0 Å². The highest BCUT2D eigenvalue weighted by Gasteiger charge is 2.20. The molecule has 1 amide bonds. The van der Waals surface area contributed by atoms with E-state index in [9.17, 15) is 13.2 Å². The highest BCUT2D eigenvalue weighted by molar-refractivity contribution is 7.92. The summed E-state index contributed by atoms with van der Waals surface area (Å²) in [6.45, 7) is 5.93. The molecule has 3 aromatic carbocycles. The summed E-state index contributed by atoms with van der Waals surface area (Å²) in [7, 11) is -3.87. The van der Waals surface area contributed by atoms with Gasteiger partial charge in [-0.05, 0) is 62.2 Å². The lowest BCUT2D eigenvalue weighted by Crippen LogP contribution is -2.28. The molecule has 0 fully saturated rings. The van der Waals surface area contributed by atoms with E-state index in [-0.39, 0.29) is 23.6 Å². The second kappa shape index (κ2) is 10.1. The van der Waals surface area contributed by atoms with Crippen LogP contribution in [0.25, 0.3) is 0 Å². The van der Waals surface area contributed by atoms with Crippen LogP contribution in [0.15, 0.2) is 65.6 Å². The van der Waals surface area contributed by atoms with Crippen molar-refractivity contribution in [2.24, 2.45) is 0 Å². The molecule has 0 aliphatic rings. The highest BCUT2D eigenvalue weighted by Crippen LogP contribution is 2.24. The number of ether oxygens (including phenoxy) is 1. The highest BCUT2D eigenvalue weighted by atomic mass is 35.5. The molecule has 0 saturated heterocycles. The number of anilines is 1. The second-order valence-corrected chi connectivity index (χ2v) is 9.50. The topological polar surface area (TPSA) is 84.5 Å². The molecule has 3 aromatic rings. The van der Waals surface area contributed by atoms with Gasteiger partial charge in [0.25, 0.3) is 15.9 Å². The number of hydrogen-bond acceptors (Lipinski definition) is 4. The minimum absolute atomic E-state index is 0.0532. The molecule has 0 heterocycles. The predicted molar refractivity (Wildman–Crippen MR) is 127 cm³/mol. The first-order valence-corrected chi connectivity index (χ1v) is 11.9. The first-order valence-electron chi connectivity index (χ1n) is 10.0. The Bertz CT molecular complexity index is 1240. The molecule has 0 atom stereocenters. The molecule has 2 N–H and O–H groups in total. The van der Waals surface area contributed by atoms with Gasteiger partial charge in [-0.2, -0.15) is 0 Å². The van der Waals surface area contributed by atoms with Gasteiger partial charge in [-0.15, -0.1) is 0 Å². The molecule has 0 aromatic heterocycles. The first-order chi connectivity index (χ1) is 15.2. The zero-order valence-corrected chi connectivity index (χ0v) is 19.7. The van der Waals surface area contributed by atoms with Crippen molar-refractivity contribution >= 4 is 33.2 Å². The van der Waals surface area contributed by atoms with Crippen LogP contribution in [-0.4, -0.2) is 27.5 Å². The van der Waals surface area contributed by atoms with Crippen LogP contribution in [0.2, 0.25) is 5.02 Å². The third kappa shape index (κ3) is 5.81. The van der Waals surface area contributed by atoms with E-state index in [1.807, 2.05) is 26.0 Å². The van der Waals surface area contributed by atoms with Crippen LogP contribution >= 0.6 is 11.6 Å². The van der Waals surface area contributed by atoms with Crippen LogP contribution in [0.3, 0.4) is 0 Å². The molecule has 0 aliphatic heterocycles. The van der Waals surface area contributed by atoms with Gasteiger partial charge in [-0.1, -0.05) is 47.5 Å². The minimum Gasteiger partial charge on any atom is -0.490 e. The van der Waals surface area contributed by atoms with Crippen molar-refractivity contribution in [2.75, 3.05) is 17.9 Å². The van der Waals surface area contributed by atoms with E-state index < -0.39 is 15.9 Å². The second-order valence-electron chi connectivity index (χ2n) is 7.44. The number of amides is 1. The third-order valence-electron chi connectivity index (χ3n) is 4.85. The Morgan fingerprint density at radius 1 is 0.969 bits per heavy atom. The van der Waals surface area contributed by atoms with Crippen LogP contribution in [-0.2, 0) is 10.0 Å². The van der Waals surface area contributed by atoms with E-state index in [0.29, 0.717) is 22.0 Å². The number of halogens is 1. The first kappa shape index (κ1) is 23.6. The predicted octanol–water partition coefficient (Wildman–Crippen LogP) is 4.87. The zero-order chi connectivity index (χ0) is 23.3. The average Bonchev–Trinajstić information content (AvgIpc) is 2.74. The Morgan fingerprint density at radius 3 is 2.44 bits per heavy atom. The smallest absolute Gasteiger partial charge is 0.262 e. The number of aryl methyl sites for hydroxylation is 3.